The Hall–Kier alpha value is -9.58. The van der Waals surface area contributed by atoms with E-state index in [1.807, 2.05) is 71.9 Å². The van der Waals surface area contributed by atoms with Crippen molar-refractivity contribution in [2.45, 2.75) is 113 Å². The molecule has 6 aliphatic rings. The van der Waals surface area contributed by atoms with Crippen molar-refractivity contribution in [1.29, 1.82) is 0 Å². The molecule has 8 N–H and O–H groups in total. The van der Waals surface area contributed by atoms with E-state index in [0.717, 1.165) is 134 Å². The summed E-state index contributed by atoms with van der Waals surface area (Å²) >= 11 is 0.463. The summed E-state index contributed by atoms with van der Waals surface area (Å²) in [5, 5.41) is 45.5. The molecule has 0 atom stereocenters. The molecule has 0 unspecified atom stereocenters. The standard InChI is InChI=1S/C34H34N4O4.C33H36N4O6.Fe/c1-7-21-17(3)25-13-26-19(5)23(9-11-33(39)40)31(37-26)16-32-24(10-12-34(41)42)20(6)28(38-32)15-30-22(8-2)18(4)27(36-30)14-29(21)35-25;1-7-20-19(6)32(42)37-27(20)14-25-18(5)23(10-12-31(40)41)29(35-25)15-28-22(9-11-30(38)39)17(4)24(34-28)13-26-16(3)21(8-2)33(43)36-26;/h7-8,13-16H,1-2,9-12H2,3-6H3,(H4,35,36,37,38,39,40,41,42);7-8,13-14,34-35H,1-2,9-12,15H2,3-6H3,(H,36,43)(H,37,42)(H,38,39)(H,40,41);/q;;+2/p-2/b25-13?,26-13-,27-14?,28-15-,29-14-,30-15?,31-16-,32-16?;26-13-,27-14-;. The Balaban J connectivity index is 0.000000205. The monoisotopic (exact) mass is 1200 g/mol. The molecule has 10 rings (SSSR count). The quantitative estimate of drug-likeness (QED) is 0.0388. The summed E-state index contributed by atoms with van der Waals surface area (Å²) in [6.07, 6.45) is 20.2. The summed E-state index contributed by atoms with van der Waals surface area (Å²) in [6.45, 7) is 31.3. The number of nitrogens with one attached hydrogen (secondary N) is 4. The number of aromatic nitrogens is 4. The van der Waals surface area contributed by atoms with Crippen LogP contribution in [0.15, 0.2) is 122 Å². The number of carbonyl (C=O) groups excluding carboxylic acids is 2. The summed E-state index contributed by atoms with van der Waals surface area (Å²) in [5.41, 5.74) is 23.1. The molecular weight excluding hydrogens is 1130 g/mol. The van der Waals surface area contributed by atoms with Gasteiger partial charge in [-0.1, -0.05) is 25.3 Å². The number of rotatable bonds is 20. The Labute approximate surface area is 504 Å². The number of amides is 2. The molecule has 6 aliphatic heterocycles. The number of nitrogens with zero attached hydrogens (tertiary/aromatic N) is 4. The van der Waals surface area contributed by atoms with Crippen LogP contribution in [0.2, 0.25) is 0 Å². The van der Waals surface area contributed by atoms with E-state index in [2.05, 4.69) is 79.2 Å². The topological polar surface area (TPSA) is 274 Å². The van der Waals surface area contributed by atoms with Crippen LogP contribution in [0.4, 0.5) is 0 Å². The average molecular weight is 1200 g/mol. The SMILES string of the molecule is C=CC1=C(C)/C(=C/c2[nH]c(Cc3[nH]c(/C=C4\NC(=O)C(C)=C4C=C)c(C)c3CCC(=O)O)c(CCC(=O)O)c2C)NC1=O.C=CC1=C(C)C2=NC/1=C\c1c(C)c(C=C)c3[n]1[Fe][n]1/c(c(C)c(CCC(=O)O)/c1=C/C1=NC(=C\3)/C(C)=C1CCC(=O)O)=C\2. The molecule has 86 heavy (non-hydrogen) atoms. The van der Waals surface area contributed by atoms with Crippen LogP contribution in [0, 0.1) is 27.7 Å². The van der Waals surface area contributed by atoms with Crippen molar-refractivity contribution < 1.29 is 64.6 Å². The molecule has 6 bridgehead atoms. The summed E-state index contributed by atoms with van der Waals surface area (Å²) in [5.74, 6) is -4.01. The van der Waals surface area contributed by atoms with Crippen LogP contribution in [-0.4, -0.2) is 84.7 Å². The van der Waals surface area contributed by atoms with Gasteiger partial charge in [-0.05, 0) is 80.5 Å². The normalized spacial score (nSPS) is 18.8. The number of aromatic amines is 2. The van der Waals surface area contributed by atoms with Gasteiger partial charge in [0.05, 0.1) is 5.70 Å². The third-order valence-electron chi connectivity index (χ3n) is 16.7. The molecule has 0 aliphatic carbocycles. The number of hydrogen-bond donors (Lipinski definition) is 8. The van der Waals surface area contributed by atoms with E-state index in [9.17, 15) is 49.2 Å². The zero-order chi connectivity index (χ0) is 62.3. The summed E-state index contributed by atoms with van der Waals surface area (Å²) in [7, 11) is 0. The number of fused-ring (bicyclic) bond motifs is 2. The van der Waals surface area contributed by atoms with Crippen LogP contribution in [0.3, 0.4) is 0 Å². The fraction of sp³-hybridized carbons (Fsp3) is 0.254. The van der Waals surface area contributed by atoms with E-state index in [4.69, 9.17) is 9.98 Å². The molecule has 0 spiro atoms. The maximum absolute atomic E-state index is 12.3. The summed E-state index contributed by atoms with van der Waals surface area (Å²) < 4.78 is 4.47. The van der Waals surface area contributed by atoms with Crippen molar-refractivity contribution in [2.75, 3.05) is 0 Å². The molecule has 4 aromatic rings. The van der Waals surface area contributed by atoms with Crippen molar-refractivity contribution >= 4 is 89.6 Å². The molecule has 18 nitrogen and oxygen atoms in total. The number of aliphatic imine (C=N–C) groups is 2. The molecular formula is C67H68FeN8O10. The molecule has 0 saturated carbocycles. The third-order valence-corrected chi connectivity index (χ3v) is 18.2. The van der Waals surface area contributed by atoms with Gasteiger partial charge in [-0.15, -0.1) is 0 Å². The second kappa shape index (κ2) is 24.6. The number of hydrogen-bond acceptors (Lipinski definition) is 8. The van der Waals surface area contributed by atoms with E-state index < -0.39 is 23.9 Å². The zero-order valence-electron chi connectivity index (χ0n) is 49.3. The first-order chi connectivity index (χ1) is 40.9. The van der Waals surface area contributed by atoms with E-state index >= 15 is 0 Å². The summed E-state index contributed by atoms with van der Waals surface area (Å²) in [6, 6.07) is 0. The number of carbonyl (C=O) groups is 6. The van der Waals surface area contributed by atoms with Gasteiger partial charge in [-0.25, -0.2) is 0 Å². The van der Waals surface area contributed by atoms with E-state index in [1.165, 1.54) is 6.08 Å². The van der Waals surface area contributed by atoms with Crippen LogP contribution >= 0.6 is 0 Å². The number of carboxylic acid groups (broad SMARTS) is 4. The van der Waals surface area contributed by atoms with Gasteiger partial charge < -0.3 is 30.8 Å². The third kappa shape index (κ3) is 11.5. The van der Waals surface area contributed by atoms with Gasteiger partial charge in [0, 0.05) is 64.5 Å². The molecule has 19 heteroatoms. The molecule has 444 valence electrons. The molecule has 0 saturated heterocycles. The summed E-state index contributed by atoms with van der Waals surface area (Å²) in [4.78, 5) is 88.0. The van der Waals surface area contributed by atoms with E-state index in [0.29, 0.717) is 68.5 Å². The molecule has 2 amide bonds. The molecule has 0 radical (unpaired) electrons. The molecule has 0 aromatic carbocycles. The minimum atomic E-state index is -0.922. The molecule has 0 fully saturated rings. The zero-order valence-corrected chi connectivity index (χ0v) is 50.5. The van der Waals surface area contributed by atoms with Crippen molar-refractivity contribution in [3.8, 4) is 0 Å². The first kappa shape index (κ1) is 61.0. The Kier molecular flexibility index (Phi) is 17.4. The Bertz CT molecular complexity index is 4270. The van der Waals surface area contributed by atoms with Crippen LogP contribution in [0.1, 0.15) is 138 Å². The fourth-order valence-corrected chi connectivity index (χ4v) is 13.4. The first-order valence-electron chi connectivity index (χ1n) is 28.0. The predicted molar refractivity (Wildman–Crippen MR) is 330 cm³/mol. The minimum absolute atomic E-state index is 0.0140. The van der Waals surface area contributed by atoms with Gasteiger partial charge in [0.25, 0.3) is 11.8 Å². The number of carboxylic acids is 4. The maximum atomic E-state index is 12.3. The van der Waals surface area contributed by atoms with Crippen LogP contribution in [0.5, 0.6) is 0 Å². The Morgan fingerprint density at radius 2 is 1.02 bits per heavy atom. The second-order valence-corrected chi connectivity index (χ2v) is 22.9. The Morgan fingerprint density at radius 3 is 1.57 bits per heavy atom. The molecule has 10 heterocycles. The predicted octanol–water partition coefficient (Wildman–Crippen LogP) is 9.27. The van der Waals surface area contributed by atoms with Crippen LogP contribution < -0.4 is 21.3 Å². The van der Waals surface area contributed by atoms with E-state index in [1.54, 1.807) is 13.0 Å². The van der Waals surface area contributed by atoms with Gasteiger partial charge in [0.2, 0.25) is 0 Å². The van der Waals surface area contributed by atoms with E-state index in [-0.39, 0.29) is 50.3 Å². The number of H-pyrrole nitrogens is 2. The van der Waals surface area contributed by atoms with Crippen molar-refractivity contribution in [3.05, 3.63) is 201 Å². The number of allylic oxidation sites excluding steroid dienone is 6. The van der Waals surface area contributed by atoms with Crippen LogP contribution in [0.25, 0.3) is 42.5 Å². The van der Waals surface area contributed by atoms with Crippen molar-refractivity contribution in [2.24, 2.45) is 9.98 Å². The average Bonchev–Trinajstić information content (AvgIpc) is 2.96. The number of aliphatic carboxylic acids is 4. The van der Waals surface area contributed by atoms with Crippen molar-refractivity contribution in [1.82, 2.24) is 27.8 Å². The van der Waals surface area contributed by atoms with Crippen LogP contribution in [-0.2, 0) is 69.8 Å². The molecule has 4 aromatic heterocycles. The van der Waals surface area contributed by atoms with Gasteiger partial charge in [0.1, 0.15) is 0 Å². The van der Waals surface area contributed by atoms with Gasteiger partial charge in [-0.3, -0.25) is 19.2 Å². The Morgan fingerprint density at radius 1 is 0.512 bits per heavy atom. The van der Waals surface area contributed by atoms with Crippen molar-refractivity contribution in [3.63, 3.8) is 0 Å². The van der Waals surface area contributed by atoms with Gasteiger partial charge >= 0.3 is 269 Å². The second-order valence-electron chi connectivity index (χ2n) is 21.7. The fourth-order valence-electron chi connectivity index (χ4n) is 11.7. The van der Waals surface area contributed by atoms with Gasteiger partial charge in [0.15, 0.2) is 0 Å². The van der Waals surface area contributed by atoms with Gasteiger partial charge in [-0.2, -0.15) is 0 Å². The first-order valence-corrected chi connectivity index (χ1v) is 29.0.